The molecule has 16 heavy (non-hydrogen) atoms. The number of alkyl halides is 1. The minimum absolute atomic E-state index is 0.754. The predicted octanol–water partition coefficient (Wildman–Crippen LogP) is 2.70. The smallest absolute Gasteiger partial charge is 0.132 e. The molecule has 1 aromatic rings. The fraction of sp³-hybridized carbons (Fsp3) is 0.667. The zero-order valence-corrected chi connectivity index (χ0v) is 11.5. The largest absolute Gasteiger partial charge is 0.356 e. The first-order chi connectivity index (χ1) is 7.69. The van der Waals surface area contributed by atoms with E-state index in [9.17, 15) is 0 Å². The average Bonchev–Trinajstić information content (AvgIpc) is 2.28. The van der Waals surface area contributed by atoms with Gasteiger partial charge in [-0.3, -0.25) is 0 Å². The van der Waals surface area contributed by atoms with E-state index in [1.54, 1.807) is 0 Å². The zero-order chi connectivity index (χ0) is 11.5. The molecule has 1 aromatic heterocycles. The summed E-state index contributed by atoms with van der Waals surface area (Å²) in [5.41, 5.74) is 1.06. The first-order valence-electron chi connectivity index (χ1n) is 5.82. The van der Waals surface area contributed by atoms with Crippen LogP contribution >= 0.6 is 15.9 Å². The van der Waals surface area contributed by atoms with Crippen LogP contribution in [0.1, 0.15) is 24.4 Å². The Morgan fingerprint density at radius 1 is 1.44 bits per heavy atom. The van der Waals surface area contributed by atoms with Crippen LogP contribution in [0.5, 0.6) is 0 Å². The molecule has 0 bridgehead atoms. The topological polar surface area (TPSA) is 29.0 Å². The van der Waals surface area contributed by atoms with Gasteiger partial charge < -0.3 is 4.90 Å². The van der Waals surface area contributed by atoms with Crippen molar-refractivity contribution in [3.05, 3.63) is 17.6 Å². The van der Waals surface area contributed by atoms with E-state index in [1.807, 2.05) is 13.8 Å². The highest BCUT2D eigenvalue weighted by Gasteiger charge is 2.20. The third kappa shape index (κ3) is 2.73. The Balaban J connectivity index is 2.16. The molecule has 0 radical (unpaired) electrons. The summed E-state index contributed by atoms with van der Waals surface area (Å²) < 4.78 is 0. The zero-order valence-electron chi connectivity index (χ0n) is 9.91. The van der Waals surface area contributed by atoms with Crippen molar-refractivity contribution in [1.82, 2.24) is 9.97 Å². The molecule has 0 spiro atoms. The summed E-state index contributed by atoms with van der Waals surface area (Å²) in [6.45, 7) is 6.23. The van der Waals surface area contributed by atoms with E-state index in [0.29, 0.717) is 0 Å². The van der Waals surface area contributed by atoms with Crippen molar-refractivity contribution in [2.24, 2.45) is 5.92 Å². The van der Waals surface area contributed by atoms with Crippen LogP contribution < -0.4 is 4.90 Å². The maximum atomic E-state index is 4.53. The highest BCUT2D eigenvalue weighted by molar-refractivity contribution is 9.09. The van der Waals surface area contributed by atoms with Crippen LogP contribution in [0.15, 0.2) is 6.07 Å². The van der Waals surface area contributed by atoms with Gasteiger partial charge >= 0.3 is 0 Å². The summed E-state index contributed by atoms with van der Waals surface area (Å²) in [5.74, 6) is 2.72. The molecule has 88 valence electrons. The van der Waals surface area contributed by atoms with Gasteiger partial charge in [0.15, 0.2) is 0 Å². The molecule has 2 heterocycles. The van der Waals surface area contributed by atoms with Gasteiger partial charge in [0, 0.05) is 30.2 Å². The van der Waals surface area contributed by atoms with E-state index < -0.39 is 0 Å². The maximum absolute atomic E-state index is 4.53. The van der Waals surface area contributed by atoms with Crippen molar-refractivity contribution in [2.45, 2.75) is 26.7 Å². The fourth-order valence-electron chi connectivity index (χ4n) is 2.26. The molecule has 1 saturated heterocycles. The number of piperidine rings is 1. The normalized spacial score (nSPS) is 21.2. The first kappa shape index (κ1) is 11.8. The Morgan fingerprint density at radius 2 is 2.25 bits per heavy atom. The van der Waals surface area contributed by atoms with E-state index in [0.717, 1.165) is 41.7 Å². The highest BCUT2D eigenvalue weighted by atomic mass is 79.9. The second-order valence-electron chi connectivity index (χ2n) is 4.52. The molecule has 1 aliphatic rings. The van der Waals surface area contributed by atoms with Gasteiger partial charge in [0.2, 0.25) is 0 Å². The van der Waals surface area contributed by atoms with Crippen molar-refractivity contribution < 1.29 is 0 Å². The van der Waals surface area contributed by atoms with Crippen LogP contribution in [0, 0.1) is 19.8 Å². The summed E-state index contributed by atoms with van der Waals surface area (Å²) >= 11 is 3.58. The van der Waals surface area contributed by atoms with Gasteiger partial charge in [-0.15, -0.1) is 0 Å². The number of rotatable bonds is 2. The average molecular weight is 284 g/mol. The summed E-state index contributed by atoms with van der Waals surface area (Å²) in [6.07, 6.45) is 2.59. The fourth-order valence-corrected chi connectivity index (χ4v) is 2.79. The van der Waals surface area contributed by atoms with Crippen LogP contribution in [0.3, 0.4) is 0 Å². The van der Waals surface area contributed by atoms with Crippen LogP contribution in [-0.4, -0.2) is 28.4 Å². The molecule has 3 nitrogen and oxygen atoms in total. The lowest BCUT2D eigenvalue weighted by Crippen LogP contribution is -2.36. The molecule has 0 N–H and O–H groups in total. The quantitative estimate of drug-likeness (QED) is 0.782. The van der Waals surface area contributed by atoms with Crippen LogP contribution in [0.4, 0.5) is 5.82 Å². The van der Waals surface area contributed by atoms with E-state index in [2.05, 4.69) is 36.9 Å². The standard InChI is InChI=1S/C12H18BrN3/c1-9-6-12(15-10(2)14-9)16-5-3-4-11(7-13)8-16/h6,11H,3-5,7-8H2,1-2H3. The lowest BCUT2D eigenvalue weighted by Gasteiger charge is -2.33. The van der Waals surface area contributed by atoms with Gasteiger partial charge in [-0.25, -0.2) is 9.97 Å². The molecule has 1 fully saturated rings. The number of nitrogens with zero attached hydrogens (tertiary/aromatic N) is 3. The van der Waals surface area contributed by atoms with E-state index in [4.69, 9.17) is 0 Å². The lowest BCUT2D eigenvalue weighted by atomic mass is 10.0. The first-order valence-corrected chi connectivity index (χ1v) is 6.94. The summed E-state index contributed by atoms with van der Waals surface area (Å²) in [7, 11) is 0. The van der Waals surface area contributed by atoms with Gasteiger partial charge in [0.05, 0.1) is 0 Å². The Hall–Kier alpha value is -0.640. The number of halogens is 1. The molecule has 0 aromatic carbocycles. The molecule has 1 atom stereocenters. The molecular formula is C12H18BrN3. The molecule has 4 heteroatoms. The Kier molecular flexibility index (Phi) is 3.79. The van der Waals surface area contributed by atoms with Crippen LogP contribution in [0.2, 0.25) is 0 Å². The second kappa shape index (κ2) is 5.13. The molecule has 2 rings (SSSR count). The second-order valence-corrected chi connectivity index (χ2v) is 5.17. The van der Waals surface area contributed by atoms with E-state index >= 15 is 0 Å². The third-order valence-corrected chi connectivity index (χ3v) is 3.93. The molecule has 1 unspecified atom stereocenters. The summed E-state index contributed by atoms with van der Waals surface area (Å²) in [4.78, 5) is 11.2. The van der Waals surface area contributed by atoms with E-state index in [1.165, 1.54) is 12.8 Å². The monoisotopic (exact) mass is 283 g/mol. The Labute approximate surface area is 105 Å². The lowest BCUT2D eigenvalue weighted by molar-refractivity contribution is 0.452. The molecule has 0 saturated carbocycles. The third-order valence-electron chi connectivity index (χ3n) is 3.01. The number of anilines is 1. The summed E-state index contributed by atoms with van der Waals surface area (Å²) in [5, 5.41) is 1.09. The van der Waals surface area contributed by atoms with Crippen molar-refractivity contribution in [1.29, 1.82) is 0 Å². The summed E-state index contributed by atoms with van der Waals surface area (Å²) in [6, 6.07) is 2.09. The number of aryl methyl sites for hydroxylation is 2. The number of hydrogen-bond acceptors (Lipinski definition) is 3. The maximum Gasteiger partial charge on any atom is 0.132 e. The van der Waals surface area contributed by atoms with Gasteiger partial charge in [0.1, 0.15) is 11.6 Å². The molecule has 1 aliphatic heterocycles. The van der Waals surface area contributed by atoms with Crippen molar-refractivity contribution >= 4 is 21.7 Å². The minimum atomic E-state index is 0.754. The highest BCUT2D eigenvalue weighted by Crippen LogP contribution is 2.23. The van der Waals surface area contributed by atoms with Crippen LogP contribution in [-0.2, 0) is 0 Å². The van der Waals surface area contributed by atoms with Gasteiger partial charge in [0.25, 0.3) is 0 Å². The molecular weight excluding hydrogens is 266 g/mol. The predicted molar refractivity (Wildman–Crippen MR) is 70.2 cm³/mol. The van der Waals surface area contributed by atoms with Gasteiger partial charge in [-0.1, -0.05) is 15.9 Å². The Morgan fingerprint density at radius 3 is 2.94 bits per heavy atom. The van der Waals surface area contributed by atoms with Crippen molar-refractivity contribution in [3.63, 3.8) is 0 Å². The van der Waals surface area contributed by atoms with E-state index in [-0.39, 0.29) is 0 Å². The molecule has 0 aliphatic carbocycles. The van der Waals surface area contributed by atoms with Gasteiger partial charge in [-0.05, 0) is 32.6 Å². The number of aromatic nitrogens is 2. The Bertz CT molecular complexity index is 347. The van der Waals surface area contributed by atoms with Crippen molar-refractivity contribution in [2.75, 3.05) is 23.3 Å². The molecule has 0 amide bonds. The SMILES string of the molecule is Cc1cc(N2CCCC(CBr)C2)nc(C)n1. The minimum Gasteiger partial charge on any atom is -0.356 e. The van der Waals surface area contributed by atoms with Crippen molar-refractivity contribution in [3.8, 4) is 0 Å². The van der Waals surface area contributed by atoms with Gasteiger partial charge in [-0.2, -0.15) is 0 Å². The number of hydrogen-bond donors (Lipinski definition) is 0. The van der Waals surface area contributed by atoms with Crippen LogP contribution in [0.25, 0.3) is 0 Å².